The molecule has 1 unspecified atom stereocenters. The van der Waals surface area contributed by atoms with E-state index in [-0.39, 0.29) is 0 Å². The van der Waals surface area contributed by atoms with Gasteiger partial charge in [0.2, 0.25) is 0 Å². The predicted octanol–water partition coefficient (Wildman–Crippen LogP) is 2.44. The Kier molecular flexibility index (Phi) is 4.18. The zero-order valence-corrected chi connectivity index (χ0v) is 11.1. The van der Waals surface area contributed by atoms with Gasteiger partial charge in [-0.25, -0.2) is 9.97 Å². The van der Waals surface area contributed by atoms with Crippen molar-refractivity contribution in [1.29, 1.82) is 0 Å². The van der Waals surface area contributed by atoms with Gasteiger partial charge in [0.15, 0.2) is 0 Å². The summed E-state index contributed by atoms with van der Waals surface area (Å²) in [4.78, 5) is 10.7. The number of anilines is 1. The molecule has 5 heteroatoms. The molecule has 1 fully saturated rings. The lowest BCUT2D eigenvalue weighted by Gasteiger charge is -2.33. The van der Waals surface area contributed by atoms with E-state index in [1.165, 1.54) is 0 Å². The third kappa shape index (κ3) is 3.30. The van der Waals surface area contributed by atoms with Crippen LogP contribution in [0.4, 0.5) is 5.82 Å². The predicted molar refractivity (Wildman–Crippen MR) is 68.6 cm³/mol. The zero-order chi connectivity index (χ0) is 12.3. The Labute approximate surface area is 107 Å². The molecule has 0 amide bonds. The summed E-state index contributed by atoms with van der Waals surface area (Å²) in [6.07, 6.45) is 2.57. The molecule has 94 valence electrons. The maximum Gasteiger partial charge on any atom is 0.134 e. The second-order valence-electron chi connectivity index (χ2n) is 4.26. The van der Waals surface area contributed by atoms with Crippen molar-refractivity contribution < 1.29 is 4.74 Å². The van der Waals surface area contributed by atoms with Crippen LogP contribution in [-0.4, -0.2) is 35.8 Å². The summed E-state index contributed by atoms with van der Waals surface area (Å²) in [6, 6.07) is 1.82. The van der Waals surface area contributed by atoms with Crippen molar-refractivity contribution in [2.45, 2.75) is 32.8 Å². The summed E-state index contributed by atoms with van der Waals surface area (Å²) in [5.41, 5.74) is 0. The minimum atomic E-state index is 0.308. The number of aryl methyl sites for hydroxylation is 1. The number of piperidine rings is 1. The highest BCUT2D eigenvalue weighted by Gasteiger charge is 2.21. The minimum Gasteiger partial charge on any atom is -0.377 e. The smallest absolute Gasteiger partial charge is 0.134 e. The fourth-order valence-corrected chi connectivity index (χ4v) is 2.42. The molecule has 0 radical (unpaired) electrons. The molecule has 0 spiro atoms. The van der Waals surface area contributed by atoms with Crippen molar-refractivity contribution in [3.05, 3.63) is 17.0 Å². The first-order chi connectivity index (χ1) is 8.19. The number of halogens is 1. The maximum absolute atomic E-state index is 5.96. The molecule has 0 N–H and O–H groups in total. The van der Waals surface area contributed by atoms with Gasteiger partial charge in [-0.3, -0.25) is 0 Å². The molecule has 1 aliphatic rings. The second kappa shape index (κ2) is 5.65. The lowest BCUT2D eigenvalue weighted by molar-refractivity contribution is 0.0525. The van der Waals surface area contributed by atoms with Crippen molar-refractivity contribution >= 4 is 17.4 Å². The van der Waals surface area contributed by atoms with Gasteiger partial charge < -0.3 is 9.64 Å². The molecular weight excluding hydrogens is 238 g/mol. The van der Waals surface area contributed by atoms with E-state index < -0.39 is 0 Å². The fraction of sp³-hybridized carbons (Fsp3) is 0.667. The molecule has 0 bridgehead atoms. The average Bonchev–Trinajstić information content (AvgIpc) is 2.28. The highest BCUT2D eigenvalue weighted by molar-refractivity contribution is 6.29. The summed E-state index contributed by atoms with van der Waals surface area (Å²) in [7, 11) is 0. The minimum absolute atomic E-state index is 0.308. The Morgan fingerprint density at radius 1 is 1.53 bits per heavy atom. The van der Waals surface area contributed by atoms with Crippen LogP contribution in [-0.2, 0) is 4.74 Å². The quantitative estimate of drug-likeness (QED) is 0.778. The van der Waals surface area contributed by atoms with Crippen molar-refractivity contribution in [2.24, 2.45) is 0 Å². The van der Waals surface area contributed by atoms with Gasteiger partial charge in [0.05, 0.1) is 6.10 Å². The van der Waals surface area contributed by atoms with Crippen LogP contribution in [0.2, 0.25) is 5.15 Å². The Bertz CT molecular complexity index is 364. The van der Waals surface area contributed by atoms with Crippen molar-refractivity contribution in [1.82, 2.24) is 9.97 Å². The summed E-state index contributed by atoms with van der Waals surface area (Å²) >= 11 is 5.96. The van der Waals surface area contributed by atoms with Gasteiger partial charge in [-0.05, 0) is 26.7 Å². The summed E-state index contributed by atoms with van der Waals surface area (Å²) in [5, 5.41) is 0.506. The molecule has 1 aromatic heterocycles. The molecule has 1 saturated heterocycles. The van der Waals surface area contributed by atoms with Crippen LogP contribution in [0.5, 0.6) is 0 Å². The Morgan fingerprint density at radius 2 is 2.35 bits per heavy atom. The molecule has 4 nitrogen and oxygen atoms in total. The topological polar surface area (TPSA) is 38.2 Å². The first-order valence-corrected chi connectivity index (χ1v) is 6.44. The number of hydrogen-bond donors (Lipinski definition) is 0. The van der Waals surface area contributed by atoms with Gasteiger partial charge in [-0.15, -0.1) is 0 Å². The van der Waals surface area contributed by atoms with Gasteiger partial charge in [-0.1, -0.05) is 11.6 Å². The van der Waals surface area contributed by atoms with E-state index in [0.29, 0.717) is 17.1 Å². The average molecular weight is 256 g/mol. The number of aromatic nitrogens is 2. The Balaban J connectivity index is 2.10. The summed E-state index contributed by atoms with van der Waals surface area (Å²) in [6.45, 7) is 6.56. The molecule has 2 heterocycles. The third-order valence-electron chi connectivity index (χ3n) is 2.90. The zero-order valence-electron chi connectivity index (χ0n) is 10.3. The lowest BCUT2D eigenvalue weighted by Crippen LogP contribution is -2.40. The van der Waals surface area contributed by atoms with Crippen LogP contribution in [0.25, 0.3) is 0 Å². The maximum atomic E-state index is 5.96. The van der Waals surface area contributed by atoms with Crippen LogP contribution in [0.15, 0.2) is 6.07 Å². The number of ether oxygens (including phenoxy) is 1. The van der Waals surface area contributed by atoms with Gasteiger partial charge in [-0.2, -0.15) is 0 Å². The molecule has 1 atom stereocenters. The van der Waals surface area contributed by atoms with Crippen LogP contribution in [0.1, 0.15) is 25.6 Å². The van der Waals surface area contributed by atoms with Crippen molar-refractivity contribution in [2.75, 3.05) is 24.6 Å². The molecule has 0 saturated carbocycles. The number of hydrogen-bond acceptors (Lipinski definition) is 4. The molecule has 0 aromatic carbocycles. The van der Waals surface area contributed by atoms with Gasteiger partial charge >= 0.3 is 0 Å². The second-order valence-corrected chi connectivity index (χ2v) is 4.65. The summed E-state index contributed by atoms with van der Waals surface area (Å²) < 4.78 is 5.68. The first kappa shape index (κ1) is 12.6. The number of rotatable bonds is 3. The largest absolute Gasteiger partial charge is 0.377 e. The third-order valence-corrected chi connectivity index (χ3v) is 3.09. The fourth-order valence-electron chi connectivity index (χ4n) is 2.20. The van der Waals surface area contributed by atoms with E-state index in [9.17, 15) is 0 Å². The molecule has 0 aliphatic carbocycles. The van der Waals surface area contributed by atoms with Crippen molar-refractivity contribution in [3.63, 3.8) is 0 Å². The van der Waals surface area contributed by atoms with E-state index in [1.807, 2.05) is 19.9 Å². The van der Waals surface area contributed by atoms with E-state index in [1.54, 1.807) is 0 Å². The highest BCUT2D eigenvalue weighted by atomic mass is 35.5. The normalized spacial score (nSPS) is 20.6. The highest BCUT2D eigenvalue weighted by Crippen LogP contribution is 2.21. The van der Waals surface area contributed by atoms with Crippen molar-refractivity contribution in [3.8, 4) is 0 Å². The monoisotopic (exact) mass is 255 g/mol. The van der Waals surface area contributed by atoms with Crippen LogP contribution in [0.3, 0.4) is 0 Å². The molecule has 1 aromatic rings. The van der Waals surface area contributed by atoms with Gasteiger partial charge in [0.25, 0.3) is 0 Å². The standard InChI is InChI=1S/C12H18ClN3O/c1-3-17-10-5-4-6-16(8-10)12-7-11(13)14-9(2)15-12/h7,10H,3-6,8H2,1-2H3. The lowest BCUT2D eigenvalue weighted by atomic mass is 10.1. The van der Waals surface area contributed by atoms with Crippen LogP contribution >= 0.6 is 11.6 Å². The van der Waals surface area contributed by atoms with E-state index in [4.69, 9.17) is 16.3 Å². The van der Waals surface area contributed by atoms with Gasteiger partial charge in [0, 0.05) is 25.8 Å². The number of nitrogens with zero attached hydrogens (tertiary/aromatic N) is 3. The molecule has 17 heavy (non-hydrogen) atoms. The first-order valence-electron chi connectivity index (χ1n) is 6.06. The van der Waals surface area contributed by atoms with Crippen LogP contribution < -0.4 is 4.90 Å². The van der Waals surface area contributed by atoms with E-state index in [2.05, 4.69) is 14.9 Å². The molecular formula is C12H18ClN3O. The molecule has 2 rings (SSSR count). The van der Waals surface area contributed by atoms with E-state index >= 15 is 0 Å². The van der Waals surface area contributed by atoms with Crippen LogP contribution in [0, 0.1) is 6.92 Å². The SMILES string of the molecule is CCOC1CCCN(c2cc(Cl)nc(C)n2)C1. The van der Waals surface area contributed by atoms with Gasteiger partial charge in [0.1, 0.15) is 16.8 Å². The Morgan fingerprint density at radius 3 is 3.06 bits per heavy atom. The Hall–Kier alpha value is -0.870. The summed E-state index contributed by atoms with van der Waals surface area (Å²) in [5.74, 6) is 1.62. The van der Waals surface area contributed by atoms with E-state index in [0.717, 1.165) is 38.4 Å². The molecule has 1 aliphatic heterocycles.